The van der Waals surface area contributed by atoms with E-state index in [0.29, 0.717) is 29.8 Å². The van der Waals surface area contributed by atoms with Crippen LogP contribution in [-0.2, 0) is 56.3 Å². The van der Waals surface area contributed by atoms with Crippen molar-refractivity contribution in [1.82, 2.24) is 34.8 Å². The Kier molecular flexibility index (Phi) is 13.8. The van der Waals surface area contributed by atoms with Crippen LogP contribution in [0.1, 0.15) is 85.9 Å². The number of halogens is 11. The molecular weight excluding hydrogens is 1030 g/mol. The van der Waals surface area contributed by atoms with Crippen molar-refractivity contribution in [3.8, 4) is 23.0 Å². The standard InChI is InChI=1S/C44H41ClF10N8O6S2/c1-23-20-42(48,49)38-33(23)37(44(53,54)55)58-61(38)21-32(64)57-31(18-24-16-25(46)19-26(47)17-24)35-28(9-8-27(56-35)12-13-41(2,3)70(4,66)67)29-10-11-30(45)34-36(29)62(22-43(50,51)52)59-39(34)63(71(5,68)69)40(65)60-14-6-7-15-60/h8-11,16-17,19,23,31H,6-7,14-15,18,20-22H2,1-5H3,(H,57,64)/t23-,31?/m0/s1. The van der Waals surface area contributed by atoms with Crippen LogP contribution in [-0.4, -0.2) is 94.7 Å². The molecule has 0 bridgehead atoms. The molecule has 2 atom stereocenters. The van der Waals surface area contributed by atoms with Crippen LogP contribution in [0.2, 0.25) is 5.02 Å². The van der Waals surface area contributed by atoms with E-state index in [4.69, 9.17) is 11.6 Å². The van der Waals surface area contributed by atoms with Gasteiger partial charge in [0.15, 0.2) is 21.3 Å². The average Bonchev–Trinajstić information content (AvgIpc) is 4.01. The van der Waals surface area contributed by atoms with Crippen molar-refractivity contribution in [1.29, 1.82) is 0 Å². The van der Waals surface area contributed by atoms with E-state index in [1.54, 1.807) is 0 Å². The Morgan fingerprint density at radius 2 is 1.55 bits per heavy atom. The highest BCUT2D eigenvalue weighted by Crippen LogP contribution is 2.52. The molecule has 1 fully saturated rings. The van der Waals surface area contributed by atoms with E-state index in [0.717, 1.165) is 42.3 Å². The van der Waals surface area contributed by atoms with Crippen molar-refractivity contribution in [2.24, 2.45) is 0 Å². The minimum atomic E-state index is -5.24. The molecule has 27 heteroatoms. The summed E-state index contributed by atoms with van der Waals surface area (Å²) in [6.07, 6.45) is -9.61. The predicted octanol–water partition coefficient (Wildman–Crippen LogP) is 8.66. The number of sulfone groups is 1. The number of rotatable bonds is 11. The minimum Gasteiger partial charge on any atom is -0.346 e. The summed E-state index contributed by atoms with van der Waals surface area (Å²) in [5.41, 5.74) is -5.81. The number of alkyl halides is 8. The number of fused-ring (bicyclic) bond motifs is 2. The second-order valence-corrected chi connectivity index (χ2v) is 22.6. The zero-order valence-electron chi connectivity index (χ0n) is 37.9. The number of carbonyl (C=O) groups excluding carboxylic acids is 2. The monoisotopic (exact) mass is 1070 g/mol. The summed E-state index contributed by atoms with van der Waals surface area (Å²) in [6, 6.07) is 3.81. The maximum atomic E-state index is 15.4. The highest BCUT2D eigenvalue weighted by Gasteiger charge is 2.53. The first-order valence-electron chi connectivity index (χ1n) is 21.3. The van der Waals surface area contributed by atoms with Gasteiger partial charge in [-0.05, 0) is 80.8 Å². The highest BCUT2D eigenvalue weighted by atomic mass is 35.5. The van der Waals surface area contributed by atoms with Gasteiger partial charge in [-0.3, -0.25) is 14.2 Å². The molecule has 1 aliphatic carbocycles. The zero-order chi connectivity index (χ0) is 52.6. The van der Waals surface area contributed by atoms with Crippen LogP contribution in [0.15, 0.2) is 42.5 Å². The summed E-state index contributed by atoms with van der Waals surface area (Å²) >= 11 is 6.67. The molecule has 2 aromatic carbocycles. The fraction of sp³-hybridized carbons (Fsp3) is 0.432. The quantitative estimate of drug-likeness (QED) is 0.101. The number of likely N-dealkylation sites (tertiary alicyclic amines) is 1. The van der Waals surface area contributed by atoms with Crippen molar-refractivity contribution in [2.75, 3.05) is 29.9 Å². The summed E-state index contributed by atoms with van der Waals surface area (Å²) in [4.78, 5) is 33.7. The first-order valence-corrected chi connectivity index (χ1v) is 25.4. The van der Waals surface area contributed by atoms with E-state index in [2.05, 4.69) is 32.3 Å². The van der Waals surface area contributed by atoms with Gasteiger partial charge >= 0.3 is 18.4 Å². The topological polar surface area (TPSA) is 169 Å². The molecule has 3 amide bonds. The third-order valence-electron chi connectivity index (χ3n) is 11.8. The van der Waals surface area contributed by atoms with E-state index < -0.39 is 149 Å². The Morgan fingerprint density at radius 3 is 2.13 bits per heavy atom. The molecule has 4 heterocycles. The number of nitrogens with zero attached hydrogens (tertiary/aromatic N) is 7. The molecule has 1 N–H and O–H groups in total. The Hall–Kier alpha value is -5.94. The average molecular weight is 1070 g/mol. The number of aromatic nitrogens is 5. The van der Waals surface area contributed by atoms with Crippen molar-refractivity contribution >= 4 is 60.1 Å². The summed E-state index contributed by atoms with van der Waals surface area (Å²) < 4.78 is 198. The molecule has 1 aliphatic heterocycles. The van der Waals surface area contributed by atoms with Gasteiger partial charge < -0.3 is 10.2 Å². The van der Waals surface area contributed by atoms with Crippen LogP contribution < -0.4 is 9.62 Å². The Balaban J connectivity index is 1.50. The normalized spacial score (nSPS) is 16.7. The van der Waals surface area contributed by atoms with Crippen LogP contribution in [0, 0.1) is 23.5 Å². The zero-order valence-corrected chi connectivity index (χ0v) is 40.3. The SMILES string of the molecule is C[C@H]1CC(F)(F)c2c1c(C(F)(F)F)nn2CC(=O)NC(Cc1cc(F)cc(F)c1)c1nc(C#CC(C)(C)S(C)(=O)=O)ccc1-c1ccc(Cl)c2c(N(C(=O)N3CCCC3)S(C)(=O)=O)nn(CC(F)(F)F)c12. The number of sulfonamides is 1. The van der Waals surface area contributed by atoms with Crippen LogP contribution in [0.3, 0.4) is 0 Å². The van der Waals surface area contributed by atoms with E-state index in [-0.39, 0.29) is 44.5 Å². The minimum absolute atomic E-state index is 0.0902. The number of benzene rings is 2. The fourth-order valence-electron chi connectivity index (χ4n) is 8.47. The largest absolute Gasteiger partial charge is 0.435 e. The van der Waals surface area contributed by atoms with Crippen LogP contribution in [0.5, 0.6) is 0 Å². The number of pyridine rings is 1. The number of nitrogens with one attached hydrogen (secondary N) is 1. The molecule has 0 saturated carbocycles. The Bertz CT molecular complexity index is 3250. The van der Waals surface area contributed by atoms with Gasteiger partial charge in [-0.15, -0.1) is 0 Å². The summed E-state index contributed by atoms with van der Waals surface area (Å²) in [5.74, 6) is -4.56. The summed E-state index contributed by atoms with van der Waals surface area (Å²) in [5, 5.41) is 8.88. The summed E-state index contributed by atoms with van der Waals surface area (Å²) in [6.45, 7) is 0.566. The third kappa shape index (κ3) is 11.0. The lowest BCUT2D eigenvalue weighted by atomic mass is 9.93. The number of anilines is 1. The molecule has 0 radical (unpaired) electrons. The second-order valence-electron chi connectivity index (χ2n) is 17.8. The van der Waals surface area contributed by atoms with Crippen LogP contribution in [0.4, 0.5) is 54.5 Å². The molecule has 2 aliphatic rings. The van der Waals surface area contributed by atoms with E-state index in [9.17, 15) is 61.5 Å². The maximum absolute atomic E-state index is 15.4. The number of amides is 3. The van der Waals surface area contributed by atoms with Gasteiger partial charge in [0, 0.05) is 48.5 Å². The number of carbonyl (C=O) groups is 2. The second kappa shape index (κ2) is 18.6. The van der Waals surface area contributed by atoms with Crippen LogP contribution in [0.25, 0.3) is 22.0 Å². The number of hydrogen-bond acceptors (Lipinski definition) is 9. The first-order chi connectivity index (χ1) is 32.7. The summed E-state index contributed by atoms with van der Waals surface area (Å²) in [7, 11) is -8.59. The van der Waals surface area contributed by atoms with Gasteiger partial charge in [0.1, 0.15) is 40.9 Å². The van der Waals surface area contributed by atoms with E-state index in [1.807, 2.05) is 0 Å². The molecule has 1 saturated heterocycles. The molecule has 7 rings (SSSR count). The van der Waals surface area contributed by atoms with Crippen molar-refractivity contribution in [3.63, 3.8) is 0 Å². The van der Waals surface area contributed by atoms with Gasteiger partial charge in [-0.1, -0.05) is 30.5 Å². The molecule has 0 spiro atoms. The molecule has 1 unspecified atom stereocenters. The fourth-order valence-corrected chi connectivity index (χ4v) is 9.78. The Labute approximate surface area is 404 Å². The highest BCUT2D eigenvalue weighted by molar-refractivity contribution is 7.93. The van der Waals surface area contributed by atoms with Gasteiger partial charge in [0.2, 0.25) is 15.9 Å². The van der Waals surface area contributed by atoms with E-state index in [1.165, 1.54) is 26.0 Å². The smallest absolute Gasteiger partial charge is 0.346 e. The van der Waals surface area contributed by atoms with Crippen molar-refractivity contribution < 1.29 is 70.3 Å². The van der Waals surface area contributed by atoms with E-state index >= 15 is 8.78 Å². The maximum Gasteiger partial charge on any atom is 0.435 e. The van der Waals surface area contributed by atoms with Crippen molar-refractivity contribution in [2.45, 2.75) is 94.5 Å². The van der Waals surface area contributed by atoms with Gasteiger partial charge in [-0.2, -0.15) is 49.6 Å². The van der Waals surface area contributed by atoms with Gasteiger partial charge in [0.05, 0.1) is 33.9 Å². The predicted molar refractivity (Wildman–Crippen MR) is 238 cm³/mol. The number of urea groups is 1. The first kappa shape index (κ1) is 52.9. The third-order valence-corrected chi connectivity index (χ3v) is 15.1. The van der Waals surface area contributed by atoms with Gasteiger partial charge in [0.25, 0.3) is 5.92 Å². The molecule has 14 nitrogen and oxygen atoms in total. The van der Waals surface area contributed by atoms with Crippen LogP contribution >= 0.6 is 11.6 Å². The number of hydrogen-bond donors (Lipinski definition) is 1. The Morgan fingerprint density at radius 1 is 0.930 bits per heavy atom. The molecular formula is C44H41ClF10N8O6S2. The van der Waals surface area contributed by atoms with Gasteiger partial charge in [-0.25, -0.2) is 35.4 Å². The lowest BCUT2D eigenvalue weighted by molar-refractivity contribution is -0.143. The molecule has 5 aromatic rings. The molecule has 3 aromatic heterocycles. The molecule has 382 valence electrons. The lowest BCUT2D eigenvalue weighted by Crippen LogP contribution is -2.45. The molecule has 71 heavy (non-hydrogen) atoms. The van der Waals surface area contributed by atoms with Crippen molar-refractivity contribution in [3.05, 3.63) is 93.0 Å². The lowest BCUT2D eigenvalue weighted by Gasteiger charge is -2.24.